The van der Waals surface area contributed by atoms with E-state index >= 15 is 0 Å². The van der Waals surface area contributed by atoms with E-state index in [-0.39, 0.29) is 12.0 Å². The number of morpholine rings is 1. The number of ether oxygens (including phenoxy) is 2. The van der Waals surface area contributed by atoms with Crippen LogP contribution in [0.5, 0.6) is 0 Å². The number of fused-ring (bicyclic) bond motifs is 1. The first-order valence-electron chi connectivity index (χ1n) is 14.0. The largest absolute Gasteiger partial charge is 0.390 e. The number of aromatic nitrogens is 5. The molecular formula is C28H43N7O4. The van der Waals surface area contributed by atoms with Gasteiger partial charge in [0.2, 0.25) is 5.95 Å². The molecule has 4 heterocycles. The fraction of sp³-hybridized carbons (Fsp3) is 0.679. The van der Waals surface area contributed by atoms with Crippen molar-refractivity contribution in [2.24, 2.45) is 0 Å². The third kappa shape index (κ3) is 5.83. The Kier molecular flexibility index (Phi) is 7.98. The highest BCUT2D eigenvalue weighted by Crippen LogP contribution is 2.40. The standard InChI is InChI=1S/C28H43N7O4/c1-19(18-38-5)31-26-29-16-24-22(14-23(35(24)32-26)20-6-8-28(4,37)9-7-20)21-15-30-34(17-21)27(2,3)25(36)33-10-12-39-13-11-33/h14-17,19-20,25,36-37H,6-13,18H2,1-5H3,(H,31,32)/t19-,20?,25?,28?/m0/s1. The molecule has 0 bridgehead atoms. The number of hydrogen-bond donors (Lipinski definition) is 3. The molecule has 1 saturated heterocycles. The van der Waals surface area contributed by atoms with E-state index in [2.05, 4.69) is 16.4 Å². The Balaban J connectivity index is 1.49. The van der Waals surface area contributed by atoms with Crippen molar-refractivity contribution < 1.29 is 19.7 Å². The summed E-state index contributed by atoms with van der Waals surface area (Å²) >= 11 is 0. The van der Waals surface area contributed by atoms with E-state index in [1.807, 2.05) is 60.4 Å². The van der Waals surface area contributed by atoms with Crippen LogP contribution in [0, 0.1) is 0 Å². The maximum atomic E-state index is 11.2. The summed E-state index contributed by atoms with van der Waals surface area (Å²) in [7, 11) is 1.68. The van der Waals surface area contributed by atoms with E-state index in [0.717, 1.165) is 48.0 Å². The minimum atomic E-state index is -0.698. The molecule has 0 radical (unpaired) electrons. The Hall–Kier alpha value is -2.57. The lowest BCUT2D eigenvalue weighted by molar-refractivity contribution is -0.110. The highest BCUT2D eigenvalue weighted by atomic mass is 16.5. The van der Waals surface area contributed by atoms with Crippen molar-refractivity contribution in [1.29, 1.82) is 0 Å². The van der Waals surface area contributed by atoms with Crippen molar-refractivity contribution in [3.63, 3.8) is 0 Å². The molecule has 1 saturated carbocycles. The predicted molar refractivity (Wildman–Crippen MR) is 149 cm³/mol. The van der Waals surface area contributed by atoms with Crippen molar-refractivity contribution in [2.45, 2.75) is 82.7 Å². The smallest absolute Gasteiger partial charge is 0.241 e. The molecule has 1 aliphatic carbocycles. The fourth-order valence-electron chi connectivity index (χ4n) is 5.81. The van der Waals surface area contributed by atoms with Crippen molar-refractivity contribution in [3.05, 3.63) is 30.4 Å². The van der Waals surface area contributed by atoms with Gasteiger partial charge in [0.15, 0.2) is 0 Å². The number of aliphatic hydroxyl groups is 2. The van der Waals surface area contributed by atoms with Crippen LogP contribution < -0.4 is 5.32 Å². The van der Waals surface area contributed by atoms with E-state index in [0.29, 0.717) is 38.9 Å². The summed E-state index contributed by atoms with van der Waals surface area (Å²) < 4.78 is 14.6. The minimum absolute atomic E-state index is 0.0640. The zero-order valence-corrected chi connectivity index (χ0v) is 23.8. The van der Waals surface area contributed by atoms with E-state index in [1.54, 1.807) is 7.11 Å². The fourth-order valence-corrected chi connectivity index (χ4v) is 5.81. The maximum Gasteiger partial charge on any atom is 0.241 e. The summed E-state index contributed by atoms with van der Waals surface area (Å²) in [6.07, 6.45) is 8.31. The van der Waals surface area contributed by atoms with Crippen LogP contribution in [0.1, 0.15) is 65.0 Å². The lowest BCUT2D eigenvalue weighted by Gasteiger charge is -2.40. The molecule has 11 nitrogen and oxygen atoms in total. The molecule has 5 rings (SSSR count). The molecule has 2 fully saturated rings. The molecule has 39 heavy (non-hydrogen) atoms. The molecule has 0 spiro atoms. The van der Waals surface area contributed by atoms with Crippen LogP contribution in [0.15, 0.2) is 24.7 Å². The topological polar surface area (TPSA) is 122 Å². The predicted octanol–water partition coefficient (Wildman–Crippen LogP) is 2.83. The van der Waals surface area contributed by atoms with E-state index in [1.165, 1.54) is 0 Å². The van der Waals surface area contributed by atoms with Crippen molar-refractivity contribution >= 4 is 11.5 Å². The van der Waals surface area contributed by atoms with Gasteiger partial charge in [-0.1, -0.05) is 0 Å². The summed E-state index contributed by atoms with van der Waals surface area (Å²) in [6, 6.07) is 2.26. The number of anilines is 1. The van der Waals surface area contributed by atoms with Crippen LogP contribution in [0.25, 0.3) is 16.6 Å². The third-order valence-corrected chi connectivity index (χ3v) is 8.33. The van der Waals surface area contributed by atoms with Crippen LogP contribution in [-0.2, 0) is 15.0 Å². The van der Waals surface area contributed by atoms with Gasteiger partial charge in [0.25, 0.3) is 0 Å². The molecular weight excluding hydrogens is 498 g/mol. The average molecular weight is 542 g/mol. The molecule has 214 valence electrons. The Labute approximate surface area is 230 Å². The molecule has 2 atom stereocenters. The Bertz CT molecular complexity index is 1250. The van der Waals surface area contributed by atoms with Gasteiger partial charge >= 0.3 is 0 Å². The van der Waals surface area contributed by atoms with Gasteiger partial charge in [-0.3, -0.25) is 9.58 Å². The number of nitrogens with zero attached hydrogens (tertiary/aromatic N) is 6. The van der Waals surface area contributed by atoms with Gasteiger partial charge in [0, 0.05) is 55.2 Å². The normalized spacial score (nSPS) is 24.6. The second-order valence-corrected chi connectivity index (χ2v) is 12.0. The second-order valence-electron chi connectivity index (χ2n) is 12.0. The van der Waals surface area contributed by atoms with Crippen LogP contribution in [0.3, 0.4) is 0 Å². The van der Waals surface area contributed by atoms with Gasteiger partial charge in [-0.2, -0.15) is 5.10 Å². The van der Waals surface area contributed by atoms with E-state index < -0.39 is 17.4 Å². The van der Waals surface area contributed by atoms with Gasteiger partial charge in [0.1, 0.15) is 6.23 Å². The van der Waals surface area contributed by atoms with Crippen LogP contribution >= 0.6 is 0 Å². The Morgan fingerprint density at radius 1 is 1.23 bits per heavy atom. The molecule has 0 amide bonds. The zero-order chi connectivity index (χ0) is 27.8. The molecule has 3 N–H and O–H groups in total. The van der Waals surface area contributed by atoms with Crippen LogP contribution in [0.4, 0.5) is 5.95 Å². The number of aliphatic hydroxyl groups excluding tert-OH is 1. The summed E-state index contributed by atoms with van der Waals surface area (Å²) in [6.45, 7) is 11.1. The van der Waals surface area contributed by atoms with Crippen molar-refractivity contribution in [3.8, 4) is 11.1 Å². The van der Waals surface area contributed by atoms with Gasteiger partial charge in [-0.05, 0) is 59.4 Å². The first-order valence-corrected chi connectivity index (χ1v) is 14.0. The summed E-state index contributed by atoms with van der Waals surface area (Å²) in [5.41, 5.74) is 2.70. The lowest BCUT2D eigenvalue weighted by atomic mass is 9.78. The summed E-state index contributed by atoms with van der Waals surface area (Å²) in [5.74, 6) is 0.823. The molecule has 3 aromatic rings. The molecule has 11 heteroatoms. The van der Waals surface area contributed by atoms with Crippen LogP contribution in [0.2, 0.25) is 0 Å². The highest BCUT2D eigenvalue weighted by molar-refractivity contribution is 5.81. The van der Waals surface area contributed by atoms with E-state index in [4.69, 9.17) is 19.7 Å². The third-order valence-electron chi connectivity index (χ3n) is 8.33. The average Bonchev–Trinajstić information content (AvgIpc) is 3.55. The van der Waals surface area contributed by atoms with Crippen molar-refractivity contribution in [2.75, 3.05) is 45.3 Å². The van der Waals surface area contributed by atoms with Gasteiger partial charge < -0.3 is 25.0 Å². The highest BCUT2D eigenvalue weighted by Gasteiger charge is 2.36. The number of hydrogen-bond acceptors (Lipinski definition) is 9. The number of nitrogens with one attached hydrogen (secondary N) is 1. The first kappa shape index (κ1) is 28.0. The molecule has 1 aliphatic heterocycles. The minimum Gasteiger partial charge on any atom is -0.390 e. The number of methoxy groups -OCH3 is 1. The summed E-state index contributed by atoms with van der Waals surface area (Å²) in [5, 5.41) is 34.7. The van der Waals surface area contributed by atoms with E-state index in [9.17, 15) is 10.2 Å². The van der Waals surface area contributed by atoms with Gasteiger partial charge in [0.05, 0.1) is 48.9 Å². The molecule has 0 aromatic carbocycles. The van der Waals surface area contributed by atoms with Gasteiger partial charge in [-0.15, -0.1) is 5.10 Å². The number of rotatable bonds is 9. The lowest BCUT2D eigenvalue weighted by Crippen LogP contribution is -2.54. The second kappa shape index (κ2) is 11.1. The van der Waals surface area contributed by atoms with Crippen LogP contribution in [-0.4, -0.2) is 97.4 Å². The summed E-state index contributed by atoms with van der Waals surface area (Å²) in [4.78, 5) is 6.66. The Morgan fingerprint density at radius 3 is 2.64 bits per heavy atom. The Morgan fingerprint density at radius 2 is 1.95 bits per heavy atom. The molecule has 1 unspecified atom stereocenters. The molecule has 2 aliphatic rings. The quantitative estimate of drug-likeness (QED) is 0.375. The zero-order valence-electron chi connectivity index (χ0n) is 23.8. The first-order chi connectivity index (χ1) is 18.6. The maximum absolute atomic E-state index is 11.2. The monoisotopic (exact) mass is 541 g/mol. The SMILES string of the molecule is COC[C@H](C)Nc1ncc2c(-c3cnn(C(C)(C)C(O)N4CCOCC4)c3)cc(C3CCC(C)(O)CC3)n2n1. The van der Waals surface area contributed by atoms with Crippen molar-refractivity contribution in [1.82, 2.24) is 29.3 Å². The molecule has 3 aromatic heterocycles. The van der Waals surface area contributed by atoms with Gasteiger partial charge in [-0.25, -0.2) is 9.50 Å².